The second kappa shape index (κ2) is 12.3. The molecule has 0 aliphatic carbocycles. The molecule has 1 unspecified atom stereocenters. The molecule has 2 aromatic rings. The Morgan fingerprint density at radius 2 is 1.63 bits per heavy atom. The summed E-state index contributed by atoms with van der Waals surface area (Å²) in [6.45, 7) is 9.93. The van der Waals surface area contributed by atoms with E-state index in [9.17, 15) is 18.0 Å². The largest absolute Gasteiger partial charge is 0.342 e. The molecule has 8 heteroatoms. The van der Waals surface area contributed by atoms with Gasteiger partial charge in [0.2, 0.25) is 11.8 Å². The Morgan fingerprint density at radius 3 is 2.27 bits per heavy atom. The summed E-state index contributed by atoms with van der Waals surface area (Å²) >= 11 is 0. The maximum atomic E-state index is 13.6. The van der Waals surface area contributed by atoms with E-state index in [1.165, 1.54) is 11.8 Å². The first-order valence-electron chi connectivity index (χ1n) is 15.2. The number of likely N-dealkylation sites (tertiary alicyclic amines) is 3. The molecule has 7 nitrogen and oxygen atoms in total. The Labute approximate surface area is 245 Å². The minimum Gasteiger partial charge on any atom is -0.342 e. The number of hydrogen-bond donors (Lipinski definition) is 0. The van der Waals surface area contributed by atoms with E-state index in [0.717, 1.165) is 70.5 Å². The van der Waals surface area contributed by atoms with Crippen molar-refractivity contribution in [3.05, 3.63) is 65.7 Å². The molecule has 0 aromatic heterocycles. The first-order valence-corrected chi connectivity index (χ1v) is 17.1. The topological polar surface area (TPSA) is 78.0 Å². The Bertz CT molecular complexity index is 1320. The lowest BCUT2D eigenvalue weighted by Crippen LogP contribution is -2.46. The fourth-order valence-electron chi connectivity index (χ4n) is 6.97. The van der Waals surface area contributed by atoms with E-state index in [-0.39, 0.29) is 17.2 Å². The molecule has 3 aliphatic rings. The second-order valence-electron chi connectivity index (χ2n) is 12.8. The van der Waals surface area contributed by atoms with Crippen LogP contribution in [0.3, 0.4) is 0 Å². The van der Waals surface area contributed by atoms with Crippen LogP contribution in [0.25, 0.3) is 0 Å². The third kappa shape index (κ3) is 6.69. The van der Waals surface area contributed by atoms with Crippen LogP contribution in [0.4, 0.5) is 0 Å². The number of hydrogen-bond acceptors (Lipinski definition) is 5. The van der Waals surface area contributed by atoms with Crippen molar-refractivity contribution in [2.75, 3.05) is 45.5 Å². The van der Waals surface area contributed by atoms with Crippen molar-refractivity contribution in [1.29, 1.82) is 0 Å². The molecule has 0 bridgehead atoms. The molecule has 222 valence electrons. The number of rotatable bonds is 9. The fraction of sp³-hybridized carbons (Fsp3) is 0.576. The van der Waals surface area contributed by atoms with E-state index in [2.05, 4.69) is 54.0 Å². The van der Waals surface area contributed by atoms with Crippen molar-refractivity contribution in [2.45, 2.75) is 63.3 Å². The predicted octanol–water partition coefficient (Wildman–Crippen LogP) is 4.58. The number of sulfone groups is 1. The van der Waals surface area contributed by atoms with Crippen LogP contribution in [0.15, 0.2) is 59.5 Å². The molecule has 2 aromatic carbocycles. The molecule has 3 aliphatic heterocycles. The van der Waals surface area contributed by atoms with E-state index in [1.807, 2.05) is 17.0 Å². The van der Waals surface area contributed by atoms with E-state index in [1.54, 1.807) is 12.1 Å². The van der Waals surface area contributed by atoms with Gasteiger partial charge in [-0.1, -0.05) is 62.7 Å². The third-order valence-corrected chi connectivity index (χ3v) is 11.0. The maximum Gasteiger partial charge on any atom is 0.229 e. The molecule has 41 heavy (non-hydrogen) atoms. The summed E-state index contributed by atoms with van der Waals surface area (Å²) in [5, 5.41) is 0. The molecule has 3 fully saturated rings. The number of amides is 2. The van der Waals surface area contributed by atoms with Crippen molar-refractivity contribution in [3.63, 3.8) is 0 Å². The Kier molecular flexibility index (Phi) is 8.90. The predicted molar refractivity (Wildman–Crippen MR) is 161 cm³/mol. The van der Waals surface area contributed by atoms with Gasteiger partial charge in [-0.05, 0) is 67.4 Å². The van der Waals surface area contributed by atoms with E-state index >= 15 is 0 Å². The van der Waals surface area contributed by atoms with Crippen LogP contribution in [-0.4, -0.2) is 80.5 Å². The number of carbonyl (C=O) groups excluding carboxylic acids is 2. The molecular weight excluding hydrogens is 534 g/mol. The lowest BCUT2D eigenvalue weighted by Gasteiger charge is -2.39. The van der Waals surface area contributed by atoms with Gasteiger partial charge in [0, 0.05) is 51.3 Å². The van der Waals surface area contributed by atoms with Crippen LogP contribution < -0.4 is 0 Å². The molecule has 3 atom stereocenters. The highest BCUT2D eigenvalue weighted by atomic mass is 32.2. The van der Waals surface area contributed by atoms with Crippen LogP contribution in [0, 0.1) is 17.3 Å². The summed E-state index contributed by atoms with van der Waals surface area (Å²) in [4.78, 5) is 33.6. The smallest absolute Gasteiger partial charge is 0.229 e. The molecular formula is C33H45N3O4S. The SMILES string of the molecule is CCC(C)CC(=O)N1C[C@H](CN2CCC3(CC2)CCN(Cc2ccc(S(C)(=O)=O)cc2)C3=O)[C@@H](c2ccccc2)C1. The van der Waals surface area contributed by atoms with Gasteiger partial charge in [0.15, 0.2) is 9.84 Å². The average molecular weight is 580 g/mol. The van der Waals surface area contributed by atoms with E-state index < -0.39 is 9.84 Å². The average Bonchev–Trinajstić information content (AvgIpc) is 3.52. The van der Waals surface area contributed by atoms with Crippen LogP contribution in [-0.2, 0) is 26.0 Å². The van der Waals surface area contributed by atoms with Gasteiger partial charge in [0.1, 0.15) is 0 Å². The van der Waals surface area contributed by atoms with Crippen LogP contribution >= 0.6 is 0 Å². The summed E-state index contributed by atoms with van der Waals surface area (Å²) in [7, 11) is -3.23. The number of carbonyl (C=O) groups is 2. The van der Waals surface area contributed by atoms with Crippen LogP contribution in [0.1, 0.15) is 63.0 Å². The summed E-state index contributed by atoms with van der Waals surface area (Å²) in [6.07, 6.45) is 5.47. The minimum atomic E-state index is -3.23. The summed E-state index contributed by atoms with van der Waals surface area (Å²) in [5.74, 6) is 1.66. The zero-order chi connectivity index (χ0) is 29.2. The van der Waals surface area contributed by atoms with E-state index in [0.29, 0.717) is 35.6 Å². The van der Waals surface area contributed by atoms with Crippen LogP contribution in [0.5, 0.6) is 0 Å². The molecule has 5 rings (SSSR count). The lowest BCUT2D eigenvalue weighted by atomic mass is 9.76. The summed E-state index contributed by atoms with van der Waals surface area (Å²) in [5.41, 5.74) is 1.99. The van der Waals surface area contributed by atoms with E-state index in [4.69, 9.17) is 0 Å². The molecule has 0 saturated carbocycles. The zero-order valence-corrected chi connectivity index (χ0v) is 25.6. The second-order valence-corrected chi connectivity index (χ2v) is 14.8. The standard InChI is InChI=1S/C33H45N3O4S/c1-4-25(2)20-31(37)36-23-28(30(24-36)27-8-6-5-7-9-27)22-34-17-14-33(15-18-34)16-19-35(32(33)38)21-26-10-12-29(13-11-26)41(3,39)40/h5-13,25,28,30H,4,14-24H2,1-3H3/t25?,28-,30+/m0/s1. The Morgan fingerprint density at radius 1 is 0.976 bits per heavy atom. The highest BCUT2D eigenvalue weighted by Crippen LogP contribution is 2.43. The quantitative estimate of drug-likeness (QED) is 0.435. The molecule has 1 spiro atoms. The van der Waals surface area contributed by atoms with Crippen molar-refractivity contribution in [3.8, 4) is 0 Å². The van der Waals surface area contributed by atoms with Gasteiger partial charge >= 0.3 is 0 Å². The van der Waals surface area contributed by atoms with Crippen molar-refractivity contribution in [2.24, 2.45) is 17.3 Å². The number of piperidine rings is 1. The molecule has 0 radical (unpaired) electrons. The zero-order valence-electron chi connectivity index (χ0n) is 24.8. The molecule has 3 saturated heterocycles. The van der Waals surface area contributed by atoms with Gasteiger partial charge < -0.3 is 14.7 Å². The third-order valence-electron chi connectivity index (χ3n) is 9.87. The monoisotopic (exact) mass is 579 g/mol. The van der Waals surface area contributed by atoms with Gasteiger partial charge in [0.25, 0.3) is 0 Å². The van der Waals surface area contributed by atoms with Crippen molar-refractivity contribution < 1.29 is 18.0 Å². The normalized spacial score (nSPS) is 23.8. The first kappa shape index (κ1) is 29.8. The van der Waals surface area contributed by atoms with Gasteiger partial charge in [-0.25, -0.2) is 8.42 Å². The molecule has 3 heterocycles. The minimum absolute atomic E-state index is 0.245. The molecule has 2 amide bonds. The summed E-state index contributed by atoms with van der Waals surface area (Å²) < 4.78 is 23.6. The first-order chi connectivity index (χ1) is 19.6. The Balaban J connectivity index is 1.19. The highest BCUT2D eigenvalue weighted by molar-refractivity contribution is 7.90. The lowest BCUT2D eigenvalue weighted by molar-refractivity contribution is -0.139. The van der Waals surface area contributed by atoms with Crippen molar-refractivity contribution in [1.82, 2.24) is 14.7 Å². The number of nitrogens with zero attached hydrogens (tertiary/aromatic N) is 3. The van der Waals surface area contributed by atoms with Crippen LogP contribution in [0.2, 0.25) is 0 Å². The van der Waals surface area contributed by atoms with Gasteiger partial charge in [-0.15, -0.1) is 0 Å². The van der Waals surface area contributed by atoms with Gasteiger partial charge in [-0.3, -0.25) is 9.59 Å². The van der Waals surface area contributed by atoms with Gasteiger partial charge in [0.05, 0.1) is 10.3 Å². The van der Waals surface area contributed by atoms with Crippen molar-refractivity contribution >= 4 is 21.7 Å². The van der Waals surface area contributed by atoms with Gasteiger partial charge in [-0.2, -0.15) is 0 Å². The molecule has 0 N–H and O–H groups in total. The summed E-state index contributed by atoms with van der Waals surface area (Å²) in [6, 6.07) is 17.5. The number of benzene rings is 2. The fourth-order valence-corrected chi connectivity index (χ4v) is 7.61. The Hall–Kier alpha value is -2.71. The highest BCUT2D eigenvalue weighted by Gasteiger charge is 2.48. The maximum absolute atomic E-state index is 13.6.